The van der Waals surface area contributed by atoms with Gasteiger partial charge in [0.05, 0.1) is 6.10 Å². The van der Waals surface area contributed by atoms with Gasteiger partial charge in [-0.2, -0.15) is 0 Å². The van der Waals surface area contributed by atoms with E-state index in [1.54, 1.807) is 11.9 Å². The number of hydrogen-bond acceptors (Lipinski definition) is 4. The van der Waals surface area contributed by atoms with Gasteiger partial charge in [-0.1, -0.05) is 58.3 Å². The minimum absolute atomic E-state index is 0.120. The molecule has 1 amide bonds. The molecule has 2 saturated carbocycles. The smallest absolute Gasteiger partial charge is 0.257 e. The number of ether oxygens (including phenoxy) is 1. The van der Waals surface area contributed by atoms with Gasteiger partial charge in [0, 0.05) is 13.7 Å². The first-order valence-corrected chi connectivity index (χ1v) is 11.8. The summed E-state index contributed by atoms with van der Waals surface area (Å²) in [6, 6.07) is 0. The Morgan fingerprint density at radius 3 is 2.57 bits per heavy atom. The monoisotopic (exact) mass is 391 g/mol. The van der Waals surface area contributed by atoms with Gasteiger partial charge in [-0.3, -0.25) is 9.69 Å². The van der Waals surface area contributed by atoms with Crippen LogP contribution in [0.2, 0.25) is 0 Å². The zero-order valence-electron chi connectivity index (χ0n) is 18.1. The van der Waals surface area contributed by atoms with Crippen LogP contribution in [0, 0.1) is 11.8 Å². The number of likely N-dealkylation sites (N-methyl/N-ethyl adjacent to an activating group) is 1. The van der Waals surface area contributed by atoms with Crippen LogP contribution in [0.5, 0.6) is 0 Å². The zero-order chi connectivity index (χ0) is 20.0. The highest BCUT2D eigenvalue weighted by Gasteiger charge is 2.48. The maximum atomic E-state index is 13.2. The standard InChI is InChI=1S/C23H41N3O2/c1-3-4-15-28-20-12-8-11-19(16-20)17-23(21(27)26(2)22(24)25-23)14-13-18-9-6-5-7-10-18/h18-20H,3-17H2,1-2H3,(H2,24,25)/t19?,20-,23-/m1/s1. The third-order valence-electron chi connectivity index (χ3n) is 7.28. The molecule has 2 fully saturated rings. The summed E-state index contributed by atoms with van der Waals surface area (Å²) < 4.78 is 6.12. The molecular weight excluding hydrogens is 350 g/mol. The number of hydrogen-bond donors (Lipinski definition) is 1. The molecule has 5 heteroatoms. The molecule has 1 heterocycles. The lowest BCUT2D eigenvalue weighted by molar-refractivity contribution is -0.131. The van der Waals surface area contributed by atoms with Crippen LogP contribution in [0.4, 0.5) is 0 Å². The normalized spacial score (nSPS) is 32.0. The van der Waals surface area contributed by atoms with E-state index in [4.69, 9.17) is 15.5 Å². The molecule has 160 valence electrons. The van der Waals surface area contributed by atoms with Crippen molar-refractivity contribution in [2.75, 3.05) is 13.7 Å². The molecule has 3 aliphatic rings. The highest BCUT2D eigenvalue weighted by atomic mass is 16.5. The molecular formula is C23H41N3O2. The van der Waals surface area contributed by atoms with Crippen molar-refractivity contribution >= 4 is 11.9 Å². The van der Waals surface area contributed by atoms with E-state index in [1.807, 2.05) is 0 Å². The Balaban J connectivity index is 1.63. The first-order chi connectivity index (χ1) is 13.5. The maximum absolute atomic E-state index is 13.2. The average molecular weight is 392 g/mol. The lowest BCUT2D eigenvalue weighted by Gasteiger charge is -2.35. The lowest BCUT2D eigenvalue weighted by atomic mass is 9.74. The Morgan fingerprint density at radius 2 is 1.89 bits per heavy atom. The third-order valence-corrected chi connectivity index (χ3v) is 7.28. The van der Waals surface area contributed by atoms with E-state index >= 15 is 0 Å². The Labute approximate surface area is 171 Å². The van der Waals surface area contributed by atoms with Crippen molar-refractivity contribution in [3.8, 4) is 0 Å². The van der Waals surface area contributed by atoms with E-state index in [-0.39, 0.29) is 5.91 Å². The molecule has 2 N–H and O–H groups in total. The second kappa shape index (κ2) is 10.1. The van der Waals surface area contributed by atoms with Crippen molar-refractivity contribution in [3.63, 3.8) is 0 Å². The fourth-order valence-corrected chi connectivity index (χ4v) is 5.53. The number of carbonyl (C=O) groups is 1. The van der Waals surface area contributed by atoms with Crippen molar-refractivity contribution in [2.24, 2.45) is 22.6 Å². The predicted octanol–water partition coefficient (Wildman–Crippen LogP) is 4.64. The Morgan fingerprint density at radius 1 is 1.14 bits per heavy atom. The summed E-state index contributed by atoms with van der Waals surface area (Å²) in [5, 5.41) is 0. The number of unbranched alkanes of at least 4 members (excludes halogenated alkanes) is 1. The van der Waals surface area contributed by atoms with Crippen molar-refractivity contribution in [3.05, 3.63) is 0 Å². The molecule has 0 bridgehead atoms. The average Bonchev–Trinajstić information content (AvgIpc) is 2.92. The zero-order valence-corrected chi connectivity index (χ0v) is 18.1. The number of amides is 1. The summed E-state index contributed by atoms with van der Waals surface area (Å²) in [6.45, 7) is 3.07. The van der Waals surface area contributed by atoms with E-state index in [0.717, 1.165) is 51.0 Å². The van der Waals surface area contributed by atoms with Gasteiger partial charge in [-0.05, 0) is 50.4 Å². The van der Waals surface area contributed by atoms with Crippen molar-refractivity contribution in [1.82, 2.24) is 4.90 Å². The van der Waals surface area contributed by atoms with Gasteiger partial charge in [0.15, 0.2) is 5.96 Å². The molecule has 1 unspecified atom stereocenters. The van der Waals surface area contributed by atoms with E-state index in [1.165, 1.54) is 51.4 Å². The first-order valence-electron chi connectivity index (χ1n) is 11.8. The van der Waals surface area contributed by atoms with Crippen LogP contribution < -0.4 is 5.73 Å². The van der Waals surface area contributed by atoms with E-state index < -0.39 is 5.54 Å². The number of nitrogens with two attached hydrogens (primary N) is 1. The van der Waals surface area contributed by atoms with Gasteiger partial charge in [0.2, 0.25) is 0 Å². The molecule has 3 atom stereocenters. The number of nitrogens with zero attached hydrogens (tertiary/aromatic N) is 2. The SMILES string of the molecule is CCCCO[C@@H]1CCCC(C[C@@]2(CCC3CCCCC3)N=C(N)N(C)C2=O)C1. The molecule has 5 nitrogen and oxygen atoms in total. The van der Waals surface area contributed by atoms with Gasteiger partial charge in [-0.15, -0.1) is 0 Å². The topological polar surface area (TPSA) is 67.9 Å². The van der Waals surface area contributed by atoms with Crippen LogP contribution in [0.3, 0.4) is 0 Å². The molecule has 2 aliphatic carbocycles. The van der Waals surface area contributed by atoms with Crippen LogP contribution in [0.25, 0.3) is 0 Å². The Hall–Kier alpha value is -1.10. The van der Waals surface area contributed by atoms with Gasteiger partial charge >= 0.3 is 0 Å². The van der Waals surface area contributed by atoms with Gasteiger partial charge < -0.3 is 10.5 Å². The summed E-state index contributed by atoms with van der Waals surface area (Å²) in [5.41, 5.74) is 5.48. The molecule has 0 aromatic rings. The number of guanidine groups is 1. The van der Waals surface area contributed by atoms with Crippen LogP contribution in [0.15, 0.2) is 4.99 Å². The summed E-state index contributed by atoms with van der Waals surface area (Å²) in [4.78, 5) is 19.5. The number of carbonyl (C=O) groups excluding carboxylic acids is 1. The molecule has 0 radical (unpaired) electrons. The van der Waals surface area contributed by atoms with Gasteiger partial charge in [0.1, 0.15) is 5.54 Å². The molecule has 0 saturated heterocycles. The van der Waals surface area contributed by atoms with Crippen LogP contribution in [-0.2, 0) is 9.53 Å². The molecule has 28 heavy (non-hydrogen) atoms. The molecule has 1 aliphatic heterocycles. The molecule has 0 spiro atoms. The predicted molar refractivity (Wildman–Crippen MR) is 114 cm³/mol. The Kier molecular flexibility index (Phi) is 7.78. The first kappa shape index (κ1) is 21.6. The molecule has 0 aromatic carbocycles. The van der Waals surface area contributed by atoms with Crippen LogP contribution >= 0.6 is 0 Å². The van der Waals surface area contributed by atoms with Gasteiger partial charge in [-0.25, -0.2) is 4.99 Å². The van der Waals surface area contributed by atoms with E-state index in [9.17, 15) is 4.79 Å². The molecule has 3 rings (SSSR count). The molecule has 0 aromatic heterocycles. The van der Waals surface area contributed by atoms with Crippen LogP contribution in [0.1, 0.15) is 96.8 Å². The van der Waals surface area contributed by atoms with Crippen molar-refractivity contribution in [1.29, 1.82) is 0 Å². The highest BCUT2D eigenvalue weighted by molar-refractivity contribution is 6.06. The van der Waals surface area contributed by atoms with Gasteiger partial charge in [0.25, 0.3) is 5.91 Å². The minimum atomic E-state index is -0.619. The fourth-order valence-electron chi connectivity index (χ4n) is 5.53. The van der Waals surface area contributed by atoms with E-state index in [0.29, 0.717) is 18.0 Å². The summed E-state index contributed by atoms with van der Waals surface area (Å²) in [5.74, 6) is 1.80. The lowest BCUT2D eigenvalue weighted by Crippen LogP contribution is -2.44. The second-order valence-electron chi connectivity index (χ2n) is 9.49. The number of aliphatic imine (C=N–C) groups is 1. The second-order valence-corrected chi connectivity index (χ2v) is 9.49. The van der Waals surface area contributed by atoms with E-state index in [2.05, 4.69) is 6.92 Å². The summed E-state index contributed by atoms with van der Waals surface area (Å²) in [7, 11) is 1.78. The van der Waals surface area contributed by atoms with Crippen LogP contribution in [-0.4, -0.2) is 42.1 Å². The highest BCUT2D eigenvalue weighted by Crippen LogP contribution is 2.40. The minimum Gasteiger partial charge on any atom is -0.378 e. The number of rotatable bonds is 9. The summed E-state index contributed by atoms with van der Waals surface area (Å²) in [6.07, 6.45) is 16.8. The Bertz CT molecular complexity index is 544. The summed E-state index contributed by atoms with van der Waals surface area (Å²) >= 11 is 0. The third kappa shape index (κ3) is 5.28. The maximum Gasteiger partial charge on any atom is 0.257 e. The van der Waals surface area contributed by atoms with Crippen molar-refractivity contribution < 1.29 is 9.53 Å². The largest absolute Gasteiger partial charge is 0.378 e. The van der Waals surface area contributed by atoms with Crippen molar-refractivity contribution in [2.45, 2.75) is 108 Å². The quantitative estimate of drug-likeness (QED) is 0.582. The fraction of sp³-hybridized carbons (Fsp3) is 0.913.